The van der Waals surface area contributed by atoms with Crippen molar-refractivity contribution in [2.45, 2.75) is 12.8 Å². The second-order valence-corrected chi connectivity index (χ2v) is 6.62. The molecule has 4 rings (SSSR count). The molecule has 1 saturated heterocycles. The van der Waals surface area contributed by atoms with Crippen LogP contribution in [0.15, 0.2) is 40.5 Å². The van der Waals surface area contributed by atoms with E-state index in [1.54, 1.807) is 0 Å². The lowest BCUT2D eigenvalue weighted by molar-refractivity contribution is -0.116. The standard InChI is InChI=1S/C17H17NO3S/c19-11-18-5-3-13-4-8-22-17(13)14(18)9-12-1-2-15-16(10-12)21-7-6-20-15/h1-3,10-11H,4-9H2. The Hall–Kier alpha value is -1.88. The van der Waals surface area contributed by atoms with Gasteiger partial charge in [0.1, 0.15) is 13.2 Å². The van der Waals surface area contributed by atoms with Gasteiger partial charge in [0.05, 0.1) is 0 Å². The number of fused-ring (bicyclic) bond motifs is 2. The minimum Gasteiger partial charge on any atom is -0.486 e. The van der Waals surface area contributed by atoms with E-state index < -0.39 is 0 Å². The second kappa shape index (κ2) is 5.72. The molecule has 0 saturated carbocycles. The summed E-state index contributed by atoms with van der Waals surface area (Å²) in [6.45, 7) is 1.88. The summed E-state index contributed by atoms with van der Waals surface area (Å²) in [6, 6.07) is 6.05. The van der Waals surface area contributed by atoms with E-state index in [1.807, 2.05) is 28.8 Å². The normalized spacial score (nSPS) is 19.8. The summed E-state index contributed by atoms with van der Waals surface area (Å²) >= 11 is 1.86. The van der Waals surface area contributed by atoms with Crippen molar-refractivity contribution >= 4 is 18.2 Å². The van der Waals surface area contributed by atoms with Gasteiger partial charge in [-0.25, -0.2) is 0 Å². The minimum atomic E-state index is 0.591. The maximum Gasteiger partial charge on any atom is 0.214 e. The Morgan fingerprint density at radius 2 is 2.09 bits per heavy atom. The van der Waals surface area contributed by atoms with Gasteiger partial charge in [0.2, 0.25) is 6.41 Å². The first-order valence-corrected chi connectivity index (χ1v) is 8.49. The summed E-state index contributed by atoms with van der Waals surface area (Å²) in [5.74, 6) is 2.72. The molecule has 0 radical (unpaired) electrons. The molecule has 1 fully saturated rings. The Morgan fingerprint density at radius 3 is 2.95 bits per heavy atom. The molecule has 3 aliphatic rings. The van der Waals surface area contributed by atoms with E-state index >= 15 is 0 Å². The van der Waals surface area contributed by atoms with Crippen molar-refractivity contribution in [2.75, 3.05) is 25.5 Å². The molecule has 3 aliphatic heterocycles. The zero-order valence-electron chi connectivity index (χ0n) is 12.2. The van der Waals surface area contributed by atoms with Gasteiger partial charge in [-0.3, -0.25) is 4.79 Å². The third-order valence-corrected chi connectivity index (χ3v) is 5.35. The molecular formula is C17H17NO3S. The van der Waals surface area contributed by atoms with Crippen LogP contribution in [0.4, 0.5) is 0 Å². The Bertz CT molecular complexity index is 680. The predicted octanol–water partition coefficient (Wildman–Crippen LogP) is 2.75. The average molecular weight is 315 g/mol. The van der Waals surface area contributed by atoms with Crippen LogP contribution >= 0.6 is 11.8 Å². The van der Waals surface area contributed by atoms with E-state index in [0.29, 0.717) is 19.8 Å². The largest absolute Gasteiger partial charge is 0.486 e. The second-order valence-electron chi connectivity index (χ2n) is 5.52. The van der Waals surface area contributed by atoms with Crippen molar-refractivity contribution < 1.29 is 14.3 Å². The molecule has 0 aliphatic carbocycles. The number of ether oxygens (including phenoxy) is 2. The summed E-state index contributed by atoms with van der Waals surface area (Å²) in [5, 5.41) is 0. The lowest BCUT2D eigenvalue weighted by atomic mass is 10.0. The third kappa shape index (κ3) is 2.39. The fourth-order valence-electron chi connectivity index (χ4n) is 3.06. The van der Waals surface area contributed by atoms with Crippen LogP contribution in [0.5, 0.6) is 11.5 Å². The molecule has 22 heavy (non-hydrogen) atoms. The monoisotopic (exact) mass is 315 g/mol. The molecule has 5 heteroatoms. The minimum absolute atomic E-state index is 0.591. The third-order valence-electron chi connectivity index (χ3n) is 4.16. The van der Waals surface area contributed by atoms with E-state index in [0.717, 1.165) is 47.8 Å². The van der Waals surface area contributed by atoms with Crippen LogP contribution in [-0.4, -0.2) is 36.8 Å². The van der Waals surface area contributed by atoms with E-state index in [9.17, 15) is 4.79 Å². The zero-order valence-corrected chi connectivity index (χ0v) is 13.0. The van der Waals surface area contributed by atoms with Gasteiger partial charge in [-0.1, -0.05) is 12.1 Å². The number of rotatable bonds is 3. The maximum absolute atomic E-state index is 11.4. The number of benzene rings is 1. The lowest BCUT2D eigenvalue weighted by Crippen LogP contribution is -2.26. The van der Waals surface area contributed by atoms with Gasteiger partial charge in [-0.2, -0.15) is 0 Å². The van der Waals surface area contributed by atoms with Gasteiger partial charge in [0.15, 0.2) is 11.5 Å². The number of carbonyl (C=O) groups is 1. The van der Waals surface area contributed by atoms with Crippen LogP contribution in [0, 0.1) is 0 Å². The van der Waals surface area contributed by atoms with Crippen LogP contribution in [0.1, 0.15) is 12.0 Å². The van der Waals surface area contributed by atoms with Crippen molar-refractivity contribution in [3.8, 4) is 11.5 Å². The highest BCUT2D eigenvalue weighted by atomic mass is 32.2. The van der Waals surface area contributed by atoms with Gasteiger partial charge < -0.3 is 14.4 Å². The van der Waals surface area contributed by atoms with Gasteiger partial charge in [-0.05, 0) is 29.7 Å². The average Bonchev–Trinajstić information content (AvgIpc) is 3.04. The Kier molecular flexibility index (Phi) is 3.58. The number of nitrogens with zero attached hydrogens (tertiary/aromatic N) is 1. The molecule has 114 valence electrons. The number of allylic oxidation sites excluding steroid dienone is 2. The molecule has 0 N–H and O–H groups in total. The Morgan fingerprint density at radius 1 is 1.23 bits per heavy atom. The van der Waals surface area contributed by atoms with E-state index in [1.165, 1.54) is 10.5 Å². The molecule has 0 atom stereocenters. The Balaban J connectivity index is 1.66. The fraction of sp³-hybridized carbons (Fsp3) is 0.353. The zero-order chi connectivity index (χ0) is 14.9. The topological polar surface area (TPSA) is 38.8 Å². The first kappa shape index (κ1) is 13.8. The molecule has 1 aromatic rings. The summed E-state index contributed by atoms with van der Waals surface area (Å²) < 4.78 is 11.2. The molecule has 0 aromatic heterocycles. The van der Waals surface area contributed by atoms with Crippen molar-refractivity contribution in [1.29, 1.82) is 0 Å². The van der Waals surface area contributed by atoms with E-state index in [2.05, 4.69) is 12.1 Å². The first-order valence-electron chi connectivity index (χ1n) is 7.51. The molecule has 1 aromatic carbocycles. The van der Waals surface area contributed by atoms with Crippen LogP contribution in [0.2, 0.25) is 0 Å². The van der Waals surface area contributed by atoms with Crippen LogP contribution < -0.4 is 9.47 Å². The van der Waals surface area contributed by atoms with E-state index in [-0.39, 0.29) is 0 Å². The molecule has 4 nitrogen and oxygen atoms in total. The summed E-state index contributed by atoms with van der Waals surface area (Å²) in [4.78, 5) is 14.5. The molecule has 0 spiro atoms. The van der Waals surface area contributed by atoms with E-state index in [4.69, 9.17) is 9.47 Å². The molecule has 1 amide bonds. The molecule has 3 heterocycles. The van der Waals surface area contributed by atoms with Crippen molar-refractivity contribution in [3.05, 3.63) is 46.0 Å². The first-order chi connectivity index (χ1) is 10.8. The lowest BCUT2D eigenvalue weighted by Gasteiger charge is -2.27. The quantitative estimate of drug-likeness (QED) is 0.804. The predicted molar refractivity (Wildman–Crippen MR) is 86.1 cm³/mol. The van der Waals surface area contributed by atoms with Crippen LogP contribution in [-0.2, 0) is 11.2 Å². The van der Waals surface area contributed by atoms with Gasteiger partial charge >= 0.3 is 0 Å². The highest BCUT2D eigenvalue weighted by Gasteiger charge is 2.26. The van der Waals surface area contributed by atoms with Crippen LogP contribution in [0.3, 0.4) is 0 Å². The van der Waals surface area contributed by atoms with Gasteiger partial charge in [-0.15, -0.1) is 11.8 Å². The number of hydrogen-bond donors (Lipinski definition) is 0. The van der Waals surface area contributed by atoms with Crippen LogP contribution in [0.25, 0.3) is 0 Å². The van der Waals surface area contributed by atoms with Gasteiger partial charge in [0, 0.05) is 29.3 Å². The molecule has 0 bridgehead atoms. The van der Waals surface area contributed by atoms with Crippen molar-refractivity contribution in [1.82, 2.24) is 4.90 Å². The summed E-state index contributed by atoms with van der Waals surface area (Å²) in [5.41, 5.74) is 3.66. The molecular weight excluding hydrogens is 298 g/mol. The SMILES string of the molecule is O=CN1CC=C2CCSC2=C1Cc1ccc2c(c1)OCCO2. The number of thioether (sulfide) groups is 1. The smallest absolute Gasteiger partial charge is 0.214 e. The van der Waals surface area contributed by atoms with Crippen molar-refractivity contribution in [2.24, 2.45) is 0 Å². The van der Waals surface area contributed by atoms with Gasteiger partial charge in [0.25, 0.3) is 0 Å². The summed E-state index contributed by atoms with van der Waals surface area (Å²) in [7, 11) is 0. The number of carbonyl (C=O) groups excluding carboxylic acids is 1. The number of hydrogen-bond acceptors (Lipinski definition) is 4. The Labute approximate surface area is 133 Å². The number of amides is 1. The highest BCUT2D eigenvalue weighted by Crippen LogP contribution is 2.42. The maximum atomic E-state index is 11.4. The van der Waals surface area contributed by atoms with Crippen molar-refractivity contribution in [3.63, 3.8) is 0 Å². The highest BCUT2D eigenvalue weighted by molar-refractivity contribution is 8.03. The fourth-order valence-corrected chi connectivity index (χ4v) is 4.31. The summed E-state index contributed by atoms with van der Waals surface area (Å²) in [6.07, 6.45) is 4.97. The molecule has 0 unspecified atom stereocenters.